The average Bonchev–Trinajstić information content (AvgIpc) is 2.95. The Bertz CT molecular complexity index is 908. The lowest BCUT2D eigenvalue weighted by Gasteiger charge is -2.13. The molecule has 0 saturated carbocycles. The number of ether oxygens (including phenoxy) is 1. The molecule has 0 saturated heterocycles. The van der Waals surface area contributed by atoms with Gasteiger partial charge in [0.1, 0.15) is 6.10 Å². The molecule has 0 aliphatic carbocycles. The molecule has 2 aromatic rings. The zero-order chi connectivity index (χ0) is 18.7. The number of esters is 1. The van der Waals surface area contributed by atoms with Gasteiger partial charge in [0.05, 0.1) is 16.2 Å². The fourth-order valence-corrected chi connectivity index (χ4v) is 2.67. The van der Waals surface area contributed by atoms with Gasteiger partial charge in [-0.1, -0.05) is 18.2 Å². The first-order valence-corrected chi connectivity index (χ1v) is 7.62. The summed E-state index contributed by atoms with van der Waals surface area (Å²) >= 11 is 0. The molecule has 1 atom stereocenters. The second-order valence-electron chi connectivity index (χ2n) is 5.52. The Labute approximate surface area is 147 Å². The first-order valence-electron chi connectivity index (χ1n) is 7.62. The number of hydrogen-bond donors (Lipinski definition) is 2. The van der Waals surface area contributed by atoms with Gasteiger partial charge in [-0.2, -0.15) is 5.10 Å². The Kier molecular flexibility index (Phi) is 4.61. The number of fused-ring (bicyclic) bond motifs is 1. The molecular formula is C17H14N4O5. The number of nitrogens with two attached hydrogens (primary N) is 1. The molecule has 0 bridgehead atoms. The van der Waals surface area contributed by atoms with E-state index in [1.807, 2.05) is 0 Å². The van der Waals surface area contributed by atoms with Gasteiger partial charge in [0.15, 0.2) is 0 Å². The second kappa shape index (κ2) is 7.01. The third-order valence-corrected chi connectivity index (χ3v) is 3.87. The predicted octanol–water partition coefficient (Wildman–Crippen LogP) is 2.27. The summed E-state index contributed by atoms with van der Waals surface area (Å²) in [5.41, 5.74) is 9.22. The molecule has 2 aromatic carbocycles. The Morgan fingerprint density at radius 2 is 1.92 bits per heavy atom. The minimum absolute atomic E-state index is 0.0754. The maximum Gasteiger partial charge on any atom is 0.339 e. The number of nitrogens with one attached hydrogen (secondary N) is 1. The monoisotopic (exact) mass is 354 g/mol. The van der Waals surface area contributed by atoms with Crippen molar-refractivity contribution in [2.45, 2.75) is 12.5 Å². The van der Waals surface area contributed by atoms with E-state index in [-0.39, 0.29) is 12.1 Å². The van der Waals surface area contributed by atoms with E-state index in [4.69, 9.17) is 10.5 Å². The summed E-state index contributed by atoms with van der Waals surface area (Å²) in [5.74, 6) is -0.434. The summed E-state index contributed by atoms with van der Waals surface area (Å²) in [6, 6.07) is 11.8. The van der Waals surface area contributed by atoms with Gasteiger partial charge < -0.3 is 10.5 Å². The van der Waals surface area contributed by atoms with Crippen LogP contribution in [0.3, 0.4) is 0 Å². The zero-order valence-corrected chi connectivity index (χ0v) is 13.4. The van der Waals surface area contributed by atoms with Crippen molar-refractivity contribution >= 4 is 23.4 Å². The smallest absolute Gasteiger partial charge is 0.339 e. The summed E-state index contributed by atoms with van der Waals surface area (Å²) in [4.78, 5) is 33.2. The van der Waals surface area contributed by atoms with Gasteiger partial charge in [-0.15, -0.1) is 0 Å². The fraction of sp³-hybridized carbons (Fsp3) is 0.118. The van der Waals surface area contributed by atoms with Crippen LogP contribution in [0.25, 0.3) is 0 Å². The number of hydrazone groups is 1. The van der Waals surface area contributed by atoms with E-state index >= 15 is 0 Å². The fourth-order valence-electron chi connectivity index (χ4n) is 2.67. The van der Waals surface area contributed by atoms with Crippen LogP contribution in [0, 0.1) is 10.1 Å². The number of amides is 2. The number of primary amides is 1. The molecule has 3 rings (SSSR count). The van der Waals surface area contributed by atoms with Gasteiger partial charge in [0.2, 0.25) is 0 Å². The number of nitro benzene ring substituents is 1. The van der Waals surface area contributed by atoms with Gasteiger partial charge in [-0.05, 0) is 23.8 Å². The van der Waals surface area contributed by atoms with Crippen molar-refractivity contribution in [1.82, 2.24) is 5.43 Å². The SMILES string of the molecule is NC(=O)N/N=C(\CC1OC(=O)c2ccccc21)c1ccc([N+](=O)[O-])cc1. The molecule has 26 heavy (non-hydrogen) atoms. The predicted molar refractivity (Wildman–Crippen MR) is 91.6 cm³/mol. The molecule has 3 N–H and O–H groups in total. The first-order chi connectivity index (χ1) is 12.5. The minimum Gasteiger partial charge on any atom is -0.453 e. The highest BCUT2D eigenvalue weighted by molar-refractivity contribution is 6.02. The number of nitrogens with zero attached hydrogens (tertiary/aromatic N) is 2. The number of non-ortho nitro benzene ring substituents is 1. The summed E-state index contributed by atoms with van der Waals surface area (Å²) in [7, 11) is 0. The lowest BCUT2D eigenvalue weighted by atomic mass is 9.98. The van der Waals surface area contributed by atoms with E-state index in [2.05, 4.69) is 10.5 Å². The maximum absolute atomic E-state index is 12.0. The number of carbonyl (C=O) groups is 2. The third-order valence-electron chi connectivity index (χ3n) is 3.87. The van der Waals surface area contributed by atoms with Crippen molar-refractivity contribution in [2.75, 3.05) is 0 Å². The zero-order valence-electron chi connectivity index (χ0n) is 13.4. The Hall–Kier alpha value is -3.75. The topological polar surface area (TPSA) is 137 Å². The molecule has 0 spiro atoms. The highest BCUT2D eigenvalue weighted by atomic mass is 16.6. The highest BCUT2D eigenvalue weighted by Gasteiger charge is 2.31. The molecule has 132 valence electrons. The Morgan fingerprint density at radius 1 is 1.23 bits per heavy atom. The molecule has 9 heteroatoms. The molecule has 1 aliphatic rings. The van der Waals surface area contributed by atoms with Gasteiger partial charge in [0.25, 0.3) is 5.69 Å². The molecule has 1 unspecified atom stereocenters. The van der Waals surface area contributed by atoms with Crippen molar-refractivity contribution in [2.24, 2.45) is 10.8 Å². The highest BCUT2D eigenvalue weighted by Crippen LogP contribution is 2.34. The number of benzene rings is 2. The molecule has 9 nitrogen and oxygen atoms in total. The third kappa shape index (κ3) is 3.51. The van der Waals surface area contributed by atoms with E-state index < -0.39 is 23.0 Å². The van der Waals surface area contributed by atoms with Crippen LogP contribution in [0.1, 0.15) is 34.0 Å². The summed E-state index contributed by atoms with van der Waals surface area (Å²) in [5, 5.41) is 14.8. The van der Waals surface area contributed by atoms with Crippen LogP contribution in [-0.4, -0.2) is 22.6 Å². The number of nitro groups is 1. The Balaban J connectivity index is 1.90. The largest absolute Gasteiger partial charge is 0.453 e. The molecule has 0 radical (unpaired) electrons. The van der Waals surface area contributed by atoms with Crippen molar-refractivity contribution in [3.8, 4) is 0 Å². The van der Waals surface area contributed by atoms with Gasteiger partial charge >= 0.3 is 12.0 Å². The van der Waals surface area contributed by atoms with E-state index in [0.29, 0.717) is 22.4 Å². The van der Waals surface area contributed by atoms with Crippen molar-refractivity contribution in [1.29, 1.82) is 0 Å². The van der Waals surface area contributed by atoms with E-state index in [1.165, 1.54) is 24.3 Å². The van der Waals surface area contributed by atoms with Crippen LogP contribution in [0.2, 0.25) is 0 Å². The van der Waals surface area contributed by atoms with Crippen LogP contribution in [0.15, 0.2) is 53.6 Å². The summed E-state index contributed by atoms with van der Waals surface area (Å²) < 4.78 is 5.38. The van der Waals surface area contributed by atoms with Gasteiger partial charge in [-0.25, -0.2) is 15.0 Å². The first kappa shape index (κ1) is 17.1. The Morgan fingerprint density at radius 3 is 2.58 bits per heavy atom. The van der Waals surface area contributed by atoms with Crippen LogP contribution in [0.4, 0.5) is 10.5 Å². The molecular weight excluding hydrogens is 340 g/mol. The lowest BCUT2D eigenvalue weighted by Crippen LogP contribution is -2.26. The number of cyclic esters (lactones) is 1. The minimum atomic E-state index is -0.853. The molecule has 0 aromatic heterocycles. The summed E-state index contributed by atoms with van der Waals surface area (Å²) in [6.07, 6.45) is -0.414. The van der Waals surface area contributed by atoms with Crippen molar-refractivity contribution in [3.63, 3.8) is 0 Å². The number of carbonyl (C=O) groups excluding carboxylic acids is 2. The molecule has 0 fully saturated rings. The standard InChI is InChI=1S/C17H14N4O5/c18-17(23)20-19-14(10-5-7-11(8-6-10)21(24)25)9-15-12-3-1-2-4-13(12)16(22)26-15/h1-8,15H,9H2,(H3,18,20,23)/b19-14+. The normalized spacial score (nSPS) is 15.9. The van der Waals surface area contributed by atoms with Crippen LogP contribution < -0.4 is 11.2 Å². The number of hydrogen-bond acceptors (Lipinski definition) is 6. The molecule has 1 aliphatic heterocycles. The van der Waals surface area contributed by atoms with Gasteiger partial charge in [0, 0.05) is 24.1 Å². The van der Waals surface area contributed by atoms with E-state index in [1.54, 1.807) is 24.3 Å². The maximum atomic E-state index is 12.0. The van der Waals surface area contributed by atoms with Crippen LogP contribution in [-0.2, 0) is 4.74 Å². The van der Waals surface area contributed by atoms with Crippen LogP contribution in [0.5, 0.6) is 0 Å². The number of urea groups is 1. The number of rotatable bonds is 5. The second-order valence-corrected chi connectivity index (χ2v) is 5.52. The lowest BCUT2D eigenvalue weighted by molar-refractivity contribution is -0.384. The van der Waals surface area contributed by atoms with Crippen LogP contribution >= 0.6 is 0 Å². The van der Waals surface area contributed by atoms with E-state index in [0.717, 1.165) is 0 Å². The molecule has 1 heterocycles. The average molecular weight is 354 g/mol. The van der Waals surface area contributed by atoms with Crippen molar-refractivity contribution in [3.05, 3.63) is 75.3 Å². The van der Waals surface area contributed by atoms with Crippen molar-refractivity contribution < 1.29 is 19.2 Å². The summed E-state index contributed by atoms with van der Waals surface area (Å²) in [6.45, 7) is 0. The molecule has 2 amide bonds. The van der Waals surface area contributed by atoms with Gasteiger partial charge in [-0.3, -0.25) is 10.1 Å². The quantitative estimate of drug-likeness (QED) is 0.367. The van der Waals surface area contributed by atoms with E-state index in [9.17, 15) is 19.7 Å².